The van der Waals surface area contributed by atoms with Crippen molar-refractivity contribution in [1.82, 2.24) is 15.0 Å². The van der Waals surface area contributed by atoms with Crippen LogP contribution >= 0.6 is 0 Å². The van der Waals surface area contributed by atoms with Crippen LogP contribution < -0.4 is 0 Å². The molecule has 1 saturated carbocycles. The molecule has 0 unspecified atom stereocenters. The molecular weight excluding hydrogens is 214 g/mol. The number of nitrogens with zero attached hydrogens (tertiary/aromatic N) is 3. The smallest absolute Gasteiger partial charge is 0.240 e. The van der Waals surface area contributed by atoms with Crippen molar-refractivity contribution in [3.63, 3.8) is 0 Å². The summed E-state index contributed by atoms with van der Waals surface area (Å²) in [6.07, 6.45) is 8.34. The molecule has 1 saturated heterocycles. The number of hydrogen-bond acceptors (Lipinski definition) is 4. The molecule has 1 aromatic heterocycles. The highest BCUT2D eigenvalue weighted by Gasteiger charge is 2.33. The van der Waals surface area contributed by atoms with Gasteiger partial charge in [0.2, 0.25) is 5.89 Å². The molecule has 1 aliphatic carbocycles. The van der Waals surface area contributed by atoms with Crippen molar-refractivity contribution < 1.29 is 4.52 Å². The van der Waals surface area contributed by atoms with Crippen LogP contribution in [-0.4, -0.2) is 27.6 Å². The molecule has 0 N–H and O–H groups in total. The predicted octanol–water partition coefficient (Wildman–Crippen LogP) is 2.53. The van der Waals surface area contributed by atoms with Gasteiger partial charge in [0.15, 0.2) is 5.82 Å². The van der Waals surface area contributed by atoms with Crippen molar-refractivity contribution in [3.05, 3.63) is 11.7 Å². The van der Waals surface area contributed by atoms with E-state index in [0.29, 0.717) is 0 Å². The van der Waals surface area contributed by atoms with Crippen LogP contribution in [0.15, 0.2) is 4.52 Å². The SMILES string of the molecule is Cc1noc(CN2CCC[C@H]3CCCC[C@@H]32)n1. The zero-order valence-electron chi connectivity index (χ0n) is 10.6. The third kappa shape index (κ3) is 2.37. The van der Waals surface area contributed by atoms with Crippen molar-refractivity contribution in [1.29, 1.82) is 0 Å². The normalized spacial score (nSPS) is 30.2. The van der Waals surface area contributed by atoms with Gasteiger partial charge < -0.3 is 4.52 Å². The van der Waals surface area contributed by atoms with E-state index < -0.39 is 0 Å². The molecule has 0 amide bonds. The lowest BCUT2D eigenvalue weighted by molar-refractivity contribution is 0.0466. The first-order valence-electron chi connectivity index (χ1n) is 6.86. The third-order valence-electron chi connectivity index (χ3n) is 4.27. The minimum Gasteiger partial charge on any atom is -0.338 e. The van der Waals surface area contributed by atoms with E-state index >= 15 is 0 Å². The molecular formula is C13H21N3O. The van der Waals surface area contributed by atoms with Crippen LogP contribution in [0.3, 0.4) is 0 Å². The molecule has 0 aromatic carbocycles. The average molecular weight is 235 g/mol. The van der Waals surface area contributed by atoms with E-state index in [1.54, 1.807) is 0 Å². The molecule has 2 atom stereocenters. The molecule has 4 nitrogen and oxygen atoms in total. The number of aromatic nitrogens is 2. The Hall–Kier alpha value is -0.900. The van der Waals surface area contributed by atoms with E-state index in [1.807, 2.05) is 6.92 Å². The molecule has 2 aliphatic rings. The van der Waals surface area contributed by atoms with Gasteiger partial charge in [-0.05, 0) is 45.1 Å². The van der Waals surface area contributed by atoms with Gasteiger partial charge >= 0.3 is 0 Å². The number of piperidine rings is 1. The van der Waals surface area contributed by atoms with Crippen LogP contribution in [0.5, 0.6) is 0 Å². The summed E-state index contributed by atoms with van der Waals surface area (Å²) in [4.78, 5) is 6.89. The Balaban J connectivity index is 1.68. The minimum atomic E-state index is 0.747. The van der Waals surface area contributed by atoms with Crippen LogP contribution in [0.1, 0.15) is 50.2 Å². The van der Waals surface area contributed by atoms with Crippen LogP contribution in [0, 0.1) is 12.8 Å². The monoisotopic (exact) mass is 235 g/mol. The van der Waals surface area contributed by atoms with E-state index in [4.69, 9.17) is 4.52 Å². The first-order chi connectivity index (χ1) is 8.33. The maximum atomic E-state index is 5.24. The molecule has 94 valence electrons. The summed E-state index contributed by atoms with van der Waals surface area (Å²) in [6.45, 7) is 3.93. The Morgan fingerprint density at radius 2 is 2.06 bits per heavy atom. The van der Waals surface area contributed by atoms with Crippen molar-refractivity contribution in [2.24, 2.45) is 5.92 Å². The van der Waals surface area contributed by atoms with Crippen molar-refractivity contribution in [3.8, 4) is 0 Å². The molecule has 0 spiro atoms. The number of likely N-dealkylation sites (tertiary alicyclic amines) is 1. The Morgan fingerprint density at radius 3 is 2.88 bits per heavy atom. The van der Waals surface area contributed by atoms with Gasteiger partial charge in [-0.2, -0.15) is 4.98 Å². The molecule has 17 heavy (non-hydrogen) atoms. The Labute approximate surface area is 102 Å². The summed E-state index contributed by atoms with van der Waals surface area (Å²) >= 11 is 0. The highest BCUT2D eigenvalue weighted by molar-refractivity contribution is 4.90. The zero-order chi connectivity index (χ0) is 11.7. The second-order valence-corrected chi connectivity index (χ2v) is 5.46. The lowest BCUT2D eigenvalue weighted by Crippen LogP contribution is -2.46. The lowest BCUT2D eigenvalue weighted by atomic mass is 9.78. The molecule has 3 rings (SSSR count). The zero-order valence-corrected chi connectivity index (χ0v) is 10.6. The molecule has 0 radical (unpaired) electrons. The summed E-state index contributed by atoms with van der Waals surface area (Å²) in [6, 6.07) is 0.768. The van der Waals surface area contributed by atoms with Gasteiger partial charge in [-0.1, -0.05) is 18.0 Å². The van der Waals surface area contributed by atoms with E-state index in [9.17, 15) is 0 Å². The summed E-state index contributed by atoms with van der Waals surface area (Å²) in [5.74, 6) is 2.45. The minimum absolute atomic E-state index is 0.747. The molecule has 4 heteroatoms. The lowest BCUT2D eigenvalue weighted by Gasteiger charge is -2.43. The standard InChI is InChI=1S/C13H21N3O/c1-10-14-13(17-15-10)9-16-8-4-6-11-5-2-3-7-12(11)16/h11-12H,2-9H2,1H3/t11-,12+/m1/s1. The fourth-order valence-electron chi connectivity index (χ4n) is 3.50. The molecule has 2 heterocycles. The summed E-state index contributed by atoms with van der Waals surface area (Å²) < 4.78 is 5.24. The number of rotatable bonds is 2. The largest absolute Gasteiger partial charge is 0.338 e. The Morgan fingerprint density at radius 1 is 1.24 bits per heavy atom. The number of fused-ring (bicyclic) bond motifs is 1. The first-order valence-corrected chi connectivity index (χ1v) is 6.86. The third-order valence-corrected chi connectivity index (χ3v) is 4.27. The fourth-order valence-corrected chi connectivity index (χ4v) is 3.50. The van der Waals surface area contributed by atoms with E-state index in [2.05, 4.69) is 15.0 Å². The van der Waals surface area contributed by atoms with Gasteiger partial charge in [0.1, 0.15) is 0 Å². The van der Waals surface area contributed by atoms with E-state index in [1.165, 1.54) is 45.1 Å². The van der Waals surface area contributed by atoms with Crippen LogP contribution in [0.25, 0.3) is 0 Å². The van der Waals surface area contributed by atoms with Gasteiger partial charge in [0, 0.05) is 6.04 Å². The number of hydrogen-bond donors (Lipinski definition) is 0. The Kier molecular flexibility index (Phi) is 3.14. The summed E-state index contributed by atoms with van der Waals surface area (Å²) in [7, 11) is 0. The molecule has 2 fully saturated rings. The summed E-state index contributed by atoms with van der Waals surface area (Å²) in [5, 5.41) is 3.87. The van der Waals surface area contributed by atoms with Crippen LogP contribution in [0.2, 0.25) is 0 Å². The van der Waals surface area contributed by atoms with E-state index in [0.717, 1.165) is 30.2 Å². The molecule has 0 bridgehead atoms. The van der Waals surface area contributed by atoms with Gasteiger partial charge in [0.05, 0.1) is 6.54 Å². The van der Waals surface area contributed by atoms with Gasteiger partial charge in [-0.15, -0.1) is 0 Å². The predicted molar refractivity (Wildman–Crippen MR) is 64.4 cm³/mol. The van der Waals surface area contributed by atoms with Crippen molar-refractivity contribution in [2.75, 3.05) is 6.54 Å². The second-order valence-electron chi connectivity index (χ2n) is 5.46. The van der Waals surface area contributed by atoms with Crippen molar-refractivity contribution >= 4 is 0 Å². The van der Waals surface area contributed by atoms with Crippen LogP contribution in [0.4, 0.5) is 0 Å². The maximum Gasteiger partial charge on any atom is 0.240 e. The Bertz CT molecular complexity index is 374. The van der Waals surface area contributed by atoms with Crippen molar-refractivity contribution in [2.45, 2.75) is 58.0 Å². The molecule has 1 aromatic rings. The number of aryl methyl sites for hydroxylation is 1. The second kappa shape index (κ2) is 4.77. The van der Waals surface area contributed by atoms with Gasteiger partial charge in [0.25, 0.3) is 0 Å². The van der Waals surface area contributed by atoms with Gasteiger partial charge in [-0.3, -0.25) is 4.90 Å². The first kappa shape index (κ1) is 11.2. The molecule has 1 aliphatic heterocycles. The van der Waals surface area contributed by atoms with Gasteiger partial charge in [-0.25, -0.2) is 0 Å². The maximum absolute atomic E-state index is 5.24. The summed E-state index contributed by atoms with van der Waals surface area (Å²) in [5.41, 5.74) is 0. The van der Waals surface area contributed by atoms with E-state index in [-0.39, 0.29) is 0 Å². The highest BCUT2D eigenvalue weighted by Crippen LogP contribution is 2.35. The average Bonchev–Trinajstić information content (AvgIpc) is 2.75. The fraction of sp³-hybridized carbons (Fsp3) is 0.846. The topological polar surface area (TPSA) is 42.2 Å². The quantitative estimate of drug-likeness (QED) is 0.790. The highest BCUT2D eigenvalue weighted by atomic mass is 16.5. The van der Waals surface area contributed by atoms with Crippen LogP contribution in [-0.2, 0) is 6.54 Å².